The average Bonchev–Trinajstić information content (AvgIpc) is 2.47. The zero-order chi connectivity index (χ0) is 8.97. The molecule has 1 rings (SSSR count). The van der Waals surface area contributed by atoms with Crippen molar-refractivity contribution in [3.63, 3.8) is 0 Å². The minimum atomic E-state index is 0.383. The van der Waals surface area contributed by atoms with E-state index in [0.717, 1.165) is 11.4 Å². The summed E-state index contributed by atoms with van der Waals surface area (Å²) in [7, 11) is 0. The van der Waals surface area contributed by atoms with Crippen LogP contribution in [-0.2, 0) is 6.42 Å². The maximum atomic E-state index is 5.72. The highest BCUT2D eigenvalue weighted by molar-refractivity contribution is 7.11. The van der Waals surface area contributed by atoms with Gasteiger partial charge in [0.15, 0.2) is 0 Å². The van der Waals surface area contributed by atoms with Gasteiger partial charge in [-0.15, -0.1) is 34.5 Å². The molecule has 4 heteroatoms. The molecule has 0 aliphatic carbocycles. The van der Waals surface area contributed by atoms with E-state index in [1.165, 1.54) is 4.88 Å². The standard InChI is InChI=1S/C8H11Cl2NS/c1-6-11-5-8(12-6)2-7(3-9)4-10/h5,7H,2-4H2,1H3. The lowest BCUT2D eigenvalue weighted by atomic mass is 10.1. The third kappa shape index (κ3) is 2.92. The predicted octanol–water partition coefficient (Wildman–Crippen LogP) is 3.09. The molecule has 0 spiro atoms. The Kier molecular flexibility index (Phi) is 4.33. The number of rotatable bonds is 4. The Hall–Kier alpha value is 0.210. The van der Waals surface area contributed by atoms with Crippen LogP contribution in [0.25, 0.3) is 0 Å². The first-order valence-corrected chi connectivity index (χ1v) is 5.68. The number of halogens is 2. The number of hydrogen-bond acceptors (Lipinski definition) is 2. The lowest BCUT2D eigenvalue weighted by Crippen LogP contribution is -2.06. The summed E-state index contributed by atoms with van der Waals surface area (Å²) in [5.74, 6) is 1.63. The highest BCUT2D eigenvalue weighted by Gasteiger charge is 2.08. The fraction of sp³-hybridized carbons (Fsp3) is 0.625. The lowest BCUT2D eigenvalue weighted by molar-refractivity contribution is 0.668. The van der Waals surface area contributed by atoms with Gasteiger partial charge in [-0.05, 0) is 19.3 Å². The Morgan fingerprint density at radius 2 is 2.17 bits per heavy atom. The zero-order valence-corrected chi connectivity index (χ0v) is 9.22. The van der Waals surface area contributed by atoms with Crippen molar-refractivity contribution in [3.05, 3.63) is 16.1 Å². The largest absolute Gasteiger partial charge is 0.250 e. The predicted molar refractivity (Wildman–Crippen MR) is 55.5 cm³/mol. The maximum Gasteiger partial charge on any atom is 0.0896 e. The number of thiazole rings is 1. The van der Waals surface area contributed by atoms with Gasteiger partial charge in [-0.3, -0.25) is 0 Å². The molecule has 0 N–H and O–H groups in total. The summed E-state index contributed by atoms with van der Waals surface area (Å²) in [6.07, 6.45) is 2.87. The van der Waals surface area contributed by atoms with Crippen molar-refractivity contribution in [2.75, 3.05) is 11.8 Å². The summed E-state index contributed by atoms with van der Waals surface area (Å²) in [6, 6.07) is 0. The van der Waals surface area contributed by atoms with Crippen molar-refractivity contribution in [1.82, 2.24) is 4.98 Å². The minimum Gasteiger partial charge on any atom is -0.250 e. The molecule has 0 fully saturated rings. The van der Waals surface area contributed by atoms with Crippen LogP contribution >= 0.6 is 34.5 Å². The van der Waals surface area contributed by atoms with Gasteiger partial charge in [0.25, 0.3) is 0 Å². The zero-order valence-electron chi connectivity index (χ0n) is 6.89. The number of nitrogens with zero attached hydrogens (tertiary/aromatic N) is 1. The van der Waals surface area contributed by atoms with Gasteiger partial charge >= 0.3 is 0 Å². The van der Waals surface area contributed by atoms with Gasteiger partial charge in [0.2, 0.25) is 0 Å². The molecule has 0 bridgehead atoms. The van der Waals surface area contributed by atoms with E-state index in [-0.39, 0.29) is 0 Å². The van der Waals surface area contributed by atoms with E-state index >= 15 is 0 Å². The molecule has 0 saturated heterocycles. The first-order valence-electron chi connectivity index (χ1n) is 3.79. The highest BCUT2D eigenvalue weighted by atomic mass is 35.5. The van der Waals surface area contributed by atoms with Gasteiger partial charge in [0.05, 0.1) is 5.01 Å². The van der Waals surface area contributed by atoms with Crippen LogP contribution in [0.1, 0.15) is 9.88 Å². The van der Waals surface area contributed by atoms with Crippen LogP contribution in [0.4, 0.5) is 0 Å². The fourth-order valence-electron chi connectivity index (χ4n) is 0.935. The SMILES string of the molecule is Cc1ncc(CC(CCl)CCl)s1. The fourth-order valence-corrected chi connectivity index (χ4v) is 2.39. The third-order valence-electron chi connectivity index (χ3n) is 1.60. The summed E-state index contributed by atoms with van der Waals surface area (Å²) < 4.78 is 0. The van der Waals surface area contributed by atoms with Crippen LogP contribution in [0, 0.1) is 12.8 Å². The normalized spacial score (nSPS) is 11.0. The van der Waals surface area contributed by atoms with Gasteiger partial charge in [-0.25, -0.2) is 4.98 Å². The highest BCUT2D eigenvalue weighted by Crippen LogP contribution is 2.17. The third-order valence-corrected chi connectivity index (χ3v) is 3.40. The molecule has 0 saturated carbocycles. The van der Waals surface area contributed by atoms with Crippen molar-refractivity contribution in [2.24, 2.45) is 5.92 Å². The molecule has 68 valence electrons. The summed E-state index contributed by atoms with van der Waals surface area (Å²) >= 11 is 13.2. The van der Waals surface area contributed by atoms with E-state index < -0.39 is 0 Å². The topological polar surface area (TPSA) is 12.9 Å². The van der Waals surface area contributed by atoms with Crippen LogP contribution in [-0.4, -0.2) is 16.7 Å². The Labute approximate surface area is 86.7 Å². The van der Waals surface area contributed by atoms with Crippen LogP contribution in [0.3, 0.4) is 0 Å². The average molecular weight is 224 g/mol. The van der Waals surface area contributed by atoms with Gasteiger partial charge in [0.1, 0.15) is 0 Å². The molecule has 0 aliphatic heterocycles. The Bertz CT molecular complexity index is 233. The minimum absolute atomic E-state index is 0.383. The first-order chi connectivity index (χ1) is 5.76. The number of alkyl halides is 2. The van der Waals surface area contributed by atoms with E-state index in [0.29, 0.717) is 17.7 Å². The van der Waals surface area contributed by atoms with Crippen molar-refractivity contribution in [2.45, 2.75) is 13.3 Å². The van der Waals surface area contributed by atoms with Crippen LogP contribution in [0.2, 0.25) is 0 Å². The molecule has 0 aliphatic rings. The Balaban J connectivity index is 2.50. The van der Waals surface area contributed by atoms with E-state index in [2.05, 4.69) is 4.98 Å². The molecule has 0 aromatic carbocycles. The summed E-state index contributed by atoms with van der Waals surface area (Å²) in [5, 5.41) is 1.10. The van der Waals surface area contributed by atoms with Crippen molar-refractivity contribution >= 4 is 34.5 Å². The second-order valence-corrected chi connectivity index (χ2v) is 4.66. The monoisotopic (exact) mass is 223 g/mol. The molecule has 1 aromatic rings. The van der Waals surface area contributed by atoms with Gasteiger partial charge in [0, 0.05) is 22.8 Å². The Morgan fingerprint density at radius 1 is 1.50 bits per heavy atom. The van der Waals surface area contributed by atoms with Crippen LogP contribution < -0.4 is 0 Å². The molecule has 1 nitrogen and oxygen atoms in total. The second kappa shape index (κ2) is 5.05. The van der Waals surface area contributed by atoms with E-state index in [1.54, 1.807) is 11.3 Å². The van der Waals surface area contributed by atoms with E-state index in [1.807, 2.05) is 13.1 Å². The number of aryl methyl sites for hydroxylation is 1. The van der Waals surface area contributed by atoms with E-state index in [4.69, 9.17) is 23.2 Å². The van der Waals surface area contributed by atoms with Gasteiger partial charge in [-0.2, -0.15) is 0 Å². The quantitative estimate of drug-likeness (QED) is 0.716. The molecular weight excluding hydrogens is 213 g/mol. The summed E-state index contributed by atoms with van der Waals surface area (Å²) in [6.45, 7) is 2.00. The summed E-state index contributed by atoms with van der Waals surface area (Å²) in [5.41, 5.74) is 0. The molecule has 1 heterocycles. The van der Waals surface area contributed by atoms with Crippen LogP contribution in [0.5, 0.6) is 0 Å². The van der Waals surface area contributed by atoms with Gasteiger partial charge in [-0.1, -0.05) is 0 Å². The molecule has 1 aromatic heterocycles. The molecule has 0 unspecified atom stereocenters. The second-order valence-electron chi connectivity index (χ2n) is 2.72. The van der Waals surface area contributed by atoms with Crippen LogP contribution in [0.15, 0.2) is 6.20 Å². The van der Waals surface area contributed by atoms with Crippen molar-refractivity contribution in [1.29, 1.82) is 0 Å². The molecular formula is C8H11Cl2NS. The van der Waals surface area contributed by atoms with Gasteiger partial charge < -0.3 is 0 Å². The lowest BCUT2D eigenvalue weighted by Gasteiger charge is -2.06. The molecule has 0 radical (unpaired) electrons. The molecule has 12 heavy (non-hydrogen) atoms. The maximum absolute atomic E-state index is 5.72. The molecule has 0 atom stereocenters. The number of hydrogen-bond donors (Lipinski definition) is 0. The van der Waals surface area contributed by atoms with Crippen molar-refractivity contribution < 1.29 is 0 Å². The number of aromatic nitrogens is 1. The summed E-state index contributed by atoms with van der Waals surface area (Å²) in [4.78, 5) is 5.45. The first kappa shape index (κ1) is 10.3. The molecule has 0 amide bonds. The Morgan fingerprint density at radius 3 is 2.58 bits per heavy atom. The smallest absolute Gasteiger partial charge is 0.0896 e. The van der Waals surface area contributed by atoms with E-state index in [9.17, 15) is 0 Å². The van der Waals surface area contributed by atoms with Crippen molar-refractivity contribution in [3.8, 4) is 0 Å².